The summed E-state index contributed by atoms with van der Waals surface area (Å²) in [5.41, 5.74) is 0.620. The van der Waals surface area contributed by atoms with Gasteiger partial charge in [-0.05, 0) is 23.1 Å². The van der Waals surface area contributed by atoms with Crippen LogP contribution in [0.2, 0.25) is 0 Å². The Balaban J connectivity index is 2.94. The van der Waals surface area contributed by atoms with Crippen LogP contribution in [-0.4, -0.2) is 6.36 Å². The van der Waals surface area contributed by atoms with E-state index >= 15 is 0 Å². The van der Waals surface area contributed by atoms with Gasteiger partial charge in [-0.25, -0.2) is 0 Å². The minimum atomic E-state index is -4.63. The predicted molar refractivity (Wildman–Crippen MR) is 51.8 cm³/mol. The van der Waals surface area contributed by atoms with Crippen molar-refractivity contribution in [3.8, 4) is 5.75 Å². The van der Waals surface area contributed by atoms with Gasteiger partial charge in [-0.15, -0.1) is 13.2 Å². The van der Waals surface area contributed by atoms with Crippen LogP contribution in [0.5, 0.6) is 5.75 Å². The second-order valence-electron chi connectivity index (χ2n) is 4.33. The molecule has 0 bridgehead atoms. The lowest BCUT2D eigenvalue weighted by Crippen LogP contribution is -2.18. The van der Waals surface area contributed by atoms with E-state index in [0.29, 0.717) is 0 Å². The maximum atomic E-state index is 11.9. The maximum Gasteiger partial charge on any atom is 0.573 e. The van der Waals surface area contributed by atoms with Crippen LogP contribution >= 0.6 is 0 Å². The molecule has 0 fully saturated rings. The Morgan fingerprint density at radius 2 is 1.67 bits per heavy atom. The van der Waals surface area contributed by atoms with Crippen LogP contribution in [0.1, 0.15) is 26.3 Å². The van der Waals surface area contributed by atoms with Crippen molar-refractivity contribution in [3.63, 3.8) is 0 Å². The van der Waals surface area contributed by atoms with Gasteiger partial charge in [-0.1, -0.05) is 32.9 Å². The number of ether oxygens (including phenoxy) is 1. The van der Waals surface area contributed by atoms with E-state index in [9.17, 15) is 13.2 Å². The van der Waals surface area contributed by atoms with Gasteiger partial charge in [0.15, 0.2) is 0 Å². The van der Waals surface area contributed by atoms with Crippen molar-refractivity contribution in [2.45, 2.75) is 32.5 Å². The largest absolute Gasteiger partial charge is 0.573 e. The van der Waals surface area contributed by atoms with E-state index in [0.717, 1.165) is 5.56 Å². The van der Waals surface area contributed by atoms with E-state index < -0.39 is 6.36 Å². The Bertz CT molecular complexity index is 336. The van der Waals surface area contributed by atoms with E-state index in [1.165, 1.54) is 12.1 Å². The van der Waals surface area contributed by atoms with E-state index in [1.807, 2.05) is 20.8 Å². The van der Waals surface area contributed by atoms with E-state index in [-0.39, 0.29) is 11.2 Å². The molecule has 0 saturated carbocycles. The quantitative estimate of drug-likeness (QED) is 0.695. The molecule has 84 valence electrons. The lowest BCUT2D eigenvalue weighted by molar-refractivity contribution is -0.274. The molecule has 0 unspecified atom stereocenters. The van der Waals surface area contributed by atoms with Crippen LogP contribution in [0.4, 0.5) is 13.2 Å². The van der Waals surface area contributed by atoms with Gasteiger partial charge >= 0.3 is 6.36 Å². The van der Waals surface area contributed by atoms with Gasteiger partial charge in [0.2, 0.25) is 0 Å². The van der Waals surface area contributed by atoms with Crippen LogP contribution in [0.25, 0.3) is 0 Å². The van der Waals surface area contributed by atoms with Gasteiger partial charge in [0.05, 0.1) is 0 Å². The molecular weight excluding hydrogens is 205 g/mol. The molecule has 1 nitrogen and oxygen atoms in total. The Labute approximate surface area is 86.9 Å². The first-order valence-electron chi connectivity index (χ1n) is 4.55. The molecule has 15 heavy (non-hydrogen) atoms. The van der Waals surface area contributed by atoms with Gasteiger partial charge in [-0.2, -0.15) is 0 Å². The standard InChI is InChI=1S/C11H13F3O/c1-10(2,3)8-5-4-6-9(7-8)15-11(12,13)14/h4-7H,1-3H3. The fraction of sp³-hybridized carbons (Fsp3) is 0.455. The molecule has 0 aliphatic heterocycles. The molecule has 0 N–H and O–H groups in total. The fourth-order valence-electron chi connectivity index (χ4n) is 1.16. The Kier molecular flexibility index (Phi) is 2.98. The van der Waals surface area contributed by atoms with Crippen molar-refractivity contribution in [2.24, 2.45) is 0 Å². The minimum absolute atomic E-state index is 0.171. The highest BCUT2D eigenvalue weighted by Crippen LogP contribution is 2.28. The lowest BCUT2D eigenvalue weighted by Gasteiger charge is -2.20. The second kappa shape index (κ2) is 3.76. The summed E-state index contributed by atoms with van der Waals surface area (Å²) < 4.78 is 39.7. The van der Waals surface area contributed by atoms with E-state index in [4.69, 9.17) is 0 Å². The molecule has 0 radical (unpaired) electrons. The van der Waals surface area contributed by atoms with Crippen LogP contribution < -0.4 is 4.74 Å². The molecule has 0 aliphatic carbocycles. The normalized spacial score (nSPS) is 12.7. The van der Waals surface area contributed by atoms with Crippen LogP contribution in [0.15, 0.2) is 24.3 Å². The first kappa shape index (κ1) is 11.9. The zero-order chi connectivity index (χ0) is 11.7. The predicted octanol–water partition coefficient (Wildman–Crippen LogP) is 3.88. The molecule has 0 amide bonds. The van der Waals surface area contributed by atoms with Gasteiger partial charge in [0.1, 0.15) is 5.75 Å². The van der Waals surface area contributed by atoms with Crippen molar-refractivity contribution in [3.05, 3.63) is 29.8 Å². The Morgan fingerprint density at radius 3 is 2.13 bits per heavy atom. The highest BCUT2D eigenvalue weighted by Gasteiger charge is 2.31. The number of benzene rings is 1. The zero-order valence-corrected chi connectivity index (χ0v) is 8.85. The molecule has 0 saturated heterocycles. The molecule has 0 heterocycles. The van der Waals surface area contributed by atoms with Crippen molar-refractivity contribution < 1.29 is 17.9 Å². The molecule has 1 aromatic carbocycles. The van der Waals surface area contributed by atoms with Gasteiger partial charge in [0, 0.05) is 0 Å². The van der Waals surface area contributed by atoms with E-state index in [1.54, 1.807) is 12.1 Å². The summed E-state index contributed by atoms with van der Waals surface area (Å²) in [6.07, 6.45) is -4.63. The summed E-state index contributed by atoms with van der Waals surface area (Å²) in [5.74, 6) is -0.171. The highest BCUT2D eigenvalue weighted by atomic mass is 19.4. The van der Waals surface area contributed by atoms with Crippen LogP contribution in [0.3, 0.4) is 0 Å². The maximum absolute atomic E-state index is 11.9. The van der Waals surface area contributed by atoms with Crippen molar-refractivity contribution in [1.29, 1.82) is 0 Å². The summed E-state index contributed by atoms with van der Waals surface area (Å²) in [7, 11) is 0. The van der Waals surface area contributed by atoms with Crippen molar-refractivity contribution in [2.75, 3.05) is 0 Å². The highest BCUT2D eigenvalue weighted by molar-refractivity contribution is 5.32. The molecular formula is C11H13F3O. The molecule has 1 aromatic rings. The third kappa shape index (κ3) is 3.81. The first-order valence-corrected chi connectivity index (χ1v) is 4.55. The van der Waals surface area contributed by atoms with Crippen molar-refractivity contribution in [1.82, 2.24) is 0 Å². The van der Waals surface area contributed by atoms with Gasteiger partial charge in [-0.3, -0.25) is 0 Å². The number of hydrogen-bond donors (Lipinski definition) is 0. The second-order valence-corrected chi connectivity index (χ2v) is 4.33. The Hall–Kier alpha value is -1.19. The number of halogens is 3. The topological polar surface area (TPSA) is 9.23 Å². The summed E-state index contributed by atoms with van der Waals surface area (Å²) in [4.78, 5) is 0. The van der Waals surface area contributed by atoms with Crippen LogP contribution in [0, 0.1) is 0 Å². The van der Waals surface area contributed by atoms with Crippen LogP contribution in [-0.2, 0) is 5.41 Å². The third-order valence-corrected chi connectivity index (χ3v) is 1.93. The average molecular weight is 218 g/mol. The third-order valence-electron chi connectivity index (χ3n) is 1.93. The SMILES string of the molecule is CC(C)(C)c1cccc(OC(F)(F)F)c1. The average Bonchev–Trinajstić information content (AvgIpc) is 1.99. The fourth-order valence-corrected chi connectivity index (χ4v) is 1.16. The molecule has 4 heteroatoms. The first-order chi connectivity index (χ1) is 6.68. The van der Waals surface area contributed by atoms with Gasteiger partial charge < -0.3 is 4.74 Å². The van der Waals surface area contributed by atoms with Crippen molar-refractivity contribution >= 4 is 0 Å². The molecule has 0 atom stereocenters. The summed E-state index contributed by atoms with van der Waals surface area (Å²) in [6.45, 7) is 5.79. The summed E-state index contributed by atoms with van der Waals surface area (Å²) in [5, 5.41) is 0. The zero-order valence-electron chi connectivity index (χ0n) is 8.85. The van der Waals surface area contributed by atoms with Gasteiger partial charge in [0.25, 0.3) is 0 Å². The van der Waals surface area contributed by atoms with E-state index in [2.05, 4.69) is 4.74 Å². The summed E-state index contributed by atoms with van der Waals surface area (Å²) >= 11 is 0. The number of hydrogen-bond acceptors (Lipinski definition) is 1. The minimum Gasteiger partial charge on any atom is -0.406 e. The number of alkyl halides is 3. The lowest BCUT2D eigenvalue weighted by atomic mass is 9.87. The number of rotatable bonds is 1. The monoisotopic (exact) mass is 218 g/mol. The molecule has 0 aromatic heterocycles. The smallest absolute Gasteiger partial charge is 0.406 e. The summed E-state index contributed by atoms with van der Waals surface area (Å²) in [6, 6.07) is 6.04. The molecule has 1 rings (SSSR count). The molecule has 0 aliphatic rings. The molecule has 0 spiro atoms. The Morgan fingerprint density at radius 1 is 1.07 bits per heavy atom.